The Morgan fingerprint density at radius 3 is 2.81 bits per heavy atom. The summed E-state index contributed by atoms with van der Waals surface area (Å²) in [5.74, 6) is 0. The van der Waals surface area contributed by atoms with Crippen LogP contribution >= 0.6 is 23.7 Å². The van der Waals surface area contributed by atoms with E-state index in [2.05, 4.69) is 29.4 Å². The largest absolute Gasteiger partial charge is 0.326 e. The van der Waals surface area contributed by atoms with Crippen LogP contribution in [-0.2, 0) is 13.0 Å². The minimum atomic E-state index is 0. The molecule has 1 aromatic heterocycles. The van der Waals surface area contributed by atoms with Crippen LogP contribution in [0, 0.1) is 0 Å². The molecular formula is C12H15ClN2S. The molecule has 1 aromatic carbocycles. The molecule has 0 atom stereocenters. The van der Waals surface area contributed by atoms with Gasteiger partial charge in [-0.3, -0.25) is 0 Å². The number of benzene rings is 1. The Kier molecular flexibility index (Phi) is 4.93. The number of halogens is 1. The van der Waals surface area contributed by atoms with Gasteiger partial charge in [0.15, 0.2) is 0 Å². The molecule has 4 heteroatoms. The summed E-state index contributed by atoms with van der Waals surface area (Å²) in [6.07, 6.45) is 0.993. The molecule has 2 N–H and O–H groups in total. The van der Waals surface area contributed by atoms with E-state index < -0.39 is 0 Å². The van der Waals surface area contributed by atoms with Crippen LogP contribution in [0.15, 0.2) is 29.6 Å². The summed E-state index contributed by atoms with van der Waals surface area (Å²) in [4.78, 5) is 4.55. The number of nitrogens with zero attached hydrogens (tertiary/aromatic N) is 1. The number of hydrogen-bond acceptors (Lipinski definition) is 3. The van der Waals surface area contributed by atoms with E-state index in [-0.39, 0.29) is 12.4 Å². The lowest BCUT2D eigenvalue weighted by molar-refractivity contribution is 1.06. The van der Waals surface area contributed by atoms with E-state index in [9.17, 15) is 0 Å². The van der Waals surface area contributed by atoms with Gasteiger partial charge in [0.05, 0.1) is 5.69 Å². The highest BCUT2D eigenvalue weighted by atomic mass is 35.5. The van der Waals surface area contributed by atoms with Crippen LogP contribution in [0.1, 0.15) is 18.2 Å². The number of rotatable bonds is 3. The van der Waals surface area contributed by atoms with Gasteiger partial charge in [0.2, 0.25) is 0 Å². The summed E-state index contributed by atoms with van der Waals surface area (Å²) in [6.45, 7) is 2.70. The first-order valence-electron chi connectivity index (χ1n) is 5.07. The normalized spacial score (nSPS) is 9.88. The number of nitrogens with two attached hydrogens (primary N) is 1. The van der Waals surface area contributed by atoms with E-state index in [1.165, 1.54) is 5.56 Å². The predicted molar refractivity (Wildman–Crippen MR) is 72.1 cm³/mol. The molecule has 0 bridgehead atoms. The average molecular weight is 255 g/mol. The van der Waals surface area contributed by atoms with Gasteiger partial charge in [-0.15, -0.1) is 23.7 Å². The van der Waals surface area contributed by atoms with Crippen molar-refractivity contribution < 1.29 is 0 Å². The first kappa shape index (κ1) is 13.2. The van der Waals surface area contributed by atoms with Gasteiger partial charge in [0.1, 0.15) is 5.01 Å². The topological polar surface area (TPSA) is 38.9 Å². The fourth-order valence-electron chi connectivity index (χ4n) is 1.43. The fourth-order valence-corrected chi connectivity index (χ4v) is 2.33. The van der Waals surface area contributed by atoms with Crippen molar-refractivity contribution in [2.45, 2.75) is 19.9 Å². The number of hydrogen-bond donors (Lipinski definition) is 1. The number of thiazole rings is 1. The van der Waals surface area contributed by atoms with Crippen LogP contribution in [0.4, 0.5) is 0 Å². The van der Waals surface area contributed by atoms with E-state index >= 15 is 0 Å². The Bertz CT molecular complexity index is 454. The first-order valence-corrected chi connectivity index (χ1v) is 5.95. The maximum Gasteiger partial charge on any atom is 0.123 e. The van der Waals surface area contributed by atoms with Gasteiger partial charge in [-0.25, -0.2) is 4.98 Å². The van der Waals surface area contributed by atoms with Crippen LogP contribution in [0.5, 0.6) is 0 Å². The van der Waals surface area contributed by atoms with E-state index in [0.29, 0.717) is 6.54 Å². The smallest absolute Gasteiger partial charge is 0.123 e. The summed E-state index contributed by atoms with van der Waals surface area (Å²) in [5, 5.41) is 3.20. The summed E-state index contributed by atoms with van der Waals surface area (Å²) < 4.78 is 0. The lowest BCUT2D eigenvalue weighted by Crippen LogP contribution is -1.95. The standard InChI is InChI=1S/C12H14N2S.ClH/c1-2-11-8-15-12(14-11)10-5-3-4-9(6-10)7-13;/h3-6,8H,2,7,13H2,1H3;1H. The molecule has 0 aliphatic rings. The second-order valence-corrected chi connectivity index (χ2v) is 4.26. The highest BCUT2D eigenvalue weighted by molar-refractivity contribution is 7.13. The highest BCUT2D eigenvalue weighted by Gasteiger charge is 2.03. The molecule has 16 heavy (non-hydrogen) atoms. The Morgan fingerprint density at radius 1 is 1.38 bits per heavy atom. The summed E-state index contributed by atoms with van der Waals surface area (Å²) in [7, 11) is 0. The molecule has 1 heterocycles. The Balaban J connectivity index is 0.00000128. The van der Waals surface area contributed by atoms with E-state index in [4.69, 9.17) is 5.73 Å². The minimum absolute atomic E-state index is 0. The predicted octanol–water partition coefficient (Wildman–Crippen LogP) is 3.25. The molecular weight excluding hydrogens is 240 g/mol. The molecule has 0 unspecified atom stereocenters. The lowest BCUT2D eigenvalue weighted by atomic mass is 10.1. The van der Waals surface area contributed by atoms with Crippen molar-refractivity contribution in [3.8, 4) is 10.6 Å². The van der Waals surface area contributed by atoms with Gasteiger partial charge in [-0.1, -0.05) is 25.1 Å². The van der Waals surface area contributed by atoms with Gasteiger partial charge in [-0.05, 0) is 18.1 Å². The zero-order chi connectivity index (χ0) is 10.7. The zero-order valence-corrected chi connectivity index (χ0v) is 10.8. The molecule has 2 nitrogen and oxygen atoms in total. The van der Waals surface area contributed by atoms with Crippen molar-refractivity contribution in [1.82, 2.24) is 4.98 Å². The summed E-state index contributed by atoms with van der Waals surface area (Å²) >= 11 is 1.69. The van der Waals surface area contributed by atoms with Gasteiger partial charge in [-0.2, -0.15) is 0 Å². The van der Waals surface area contributed by atoms with Crippen LogP contribution in [-0.4, -0.2) is 4.98 Å². The van der Waals surface area contributed by atoms with Gasteiger partial charge >= 0.3 is 0 Å². The molecule has 86 valence electrons. The second-order valence-electron chi connectivity index (χ2n) is 3.40. The Labute approximate surface area is 106 Å². The van der Waals surface area contributed by atoms with Gasteiger partial charge in [0, 0.05) is 17.5 Å². The molecule has 2 rings (SSSR count). The molecule has 0 radical (unpaired) electrons. The maximum absolute atomic E-state index is 5.61. The highest BCUT2D eigenvalue weighted by Crippen LogP contribution is 2.24. The number of aromatic nitrogens is 1. The van der Waals surface area contributed by atoms with Crippen molar-refractivity contribution in [1.29, 1.82) is 0 Å². The molecule has 0 amide bonds. The first-order chi connectivity index (χ1) is 7.33. The monoisotopic (exact) mass is 254 g/mol. The van der Waals surface area contributed by atoms with Crippen LogP contribution in [0.2, 0.25) is 0 Å². The van der Waals surface area contributed by atoms with Crippen molar-refractivity contribution in [2.24, 2.45) is 5.73 Å². The van der Waals surface area contributed by atoms with Crippen molar-refractivity contribution >= 4 is 23.7 Å². The average Bonchev–Trinajstić information content (AvgIpc) is 2.78. The molecule has 0 fully saturated rings. The quantitative estimate of drug-likeness (QED) is 0.913. The third-order valence-corrected chi connectivity index (χ3v) is 3.26. The summed E-state index contributed by atoms with van der Waals surface area (Å²) in [6, 6.07) is 8.26. The molecule has 0 aliphatic carbocycles. The van der Waals surface area contributed by atoms with Crippen LogP contribution in [0.3, 0.4) is 0 Å². The minimum Gasteiger partial charge on any atom is -0.326 e. The van der Waals surface area contributed by atoms with E-state index in [1.807, 2.05) is 12.1 Å². The van der Waals surface area contributed by atoms with Crippen molar-refractivity contribution in [3.05, 3.63) is 40.9 Å². The molecule has 0 saturated heterocycles. The molecule has 2 aromatic rings. The fraction of sp³-hybridized carbons (Fsp3) is 0.250. The third kappa shape index (κ3) is 2.82. The van der Waals surface area contributed by atoms with E-state index in [1.54, 1.807) is 11.3 Å². The van der Waals surface area contributed by atoms with E-state index in [0.717, 1.165) is 22.7 Å². The van der Waals surface area contributed by atoms with Gasteiger partial charge < -0.3 is 5.73 Å². The van der Waals surface area contributed by atoms with Gasteiger partial charge in [0.25, 0.3) is 0 Å². The lowest BCUT2D eigenvalue weighted by Gasteiger charge is -1.99. The van der Waals surface area contributed by atoms with Crippen LogP contribution in [0.25, 0.3) is 10.6 Å². The maximum atomic E-state index is 5.61. The molecule has 0 saturated carbocycles. The molecule has 0 spiro atoms. The molecule has 0 aliphatic heterocycles. The van der Waals surface area contributed by atoms with Crippen molar-refractivity contribution in [2.75, 3.05) is 0 Å². The SMILES string of the molecule is CCc1csc(-c2cccc(CN)c2)n1.Cl. The number of aryl methyl sites for hydroxylation is 1. The third-order valence-electron chi connectivity index (χ3n) is 2.32. The second kappa shape index (κ2) is 5.99. The Hall–Kier alpha value is -0.900. The van der Waals surface area contributed by atoms with Crippen LogP contribution < -0.4 is 5.73 Å². The Morgan fingerprint density at radius 2 is 2.19 bits per heavy atom. The zero-order valence-electron chi connectivity index (χ0n) is 9.14. The van der Waals surface area contributed by atoms with Crippen molar-refractivity contribution in [3.63, 3.8) is 0 Å². The summed E-state index contributed by atoms with van der Waals surface area (Å²) in [5.41, 5.74) is 9.09.